The van der Waals surface area contributed by atoms with Crippen molar-refractivity contribution in [1.29, 1.82) is 0 Å². The summed E-state index contributed by atoms with van der Waals surface area (Å²) in [6.07, 6.45) is 5.80. The zero-order valence-corrected chi connectivity index (χ0v) is 16.9. The van der Waals surface area contributed by atoms with Crippen molar-refractivity contribution in [1.82, 2.24) is 16.0 Å². The Morgan fingerprint density at radius 1 is 1.26 bits per heavy atom. The number of nitrogens with zero attached hydrogens (tertiary/aromatic N) is 1. The standard InChI is InChI=1S/C21H34N4O2/c1-4-12-23-19(26)18-8-5-7-17(14-18)15-24-20(22-2)25-16-21(9-6-10-21)11-13-27-3/h5,7-8,14H,4,6,9-13,15-16H2,1-3H3,(H,23,26)(H2,22,24,25). The first-order valence-corrected chi connectivity index (χ1v) is 9.93. The molecule has 0 heterocycles. The number of hydrogen-bond acceptors (Lipinski definition) is 3. The predicted octanol–water partition coefficient (Wildman–Crippen LogP) is 2.70. The SMILES string of the molecule is CCCNC(=O)c1cccc(CNC(=NC)NCC2(CCOC)CCC2)c1. The number of rotatable bonds is 10. The van der Waals surface area contributed by atoms with Gasteiger partial charge in [0.25, 0.3) is 5.91 Å². The maximum atomic E-state index is 12.1. The van der Waals surface area contributed by atoms with Gasteiger partial charge in [-0.05, 0) is 48.8 Å². The van der Waals surface area contributed by atoms with Crippen LogP contribution in [0.15, 0.2) is 29.3 Å². The summed E-state index contributed by atoms with van der Waals surface area (Å²) in [7, 11) is 3.55. The topological polar surface area (TPSA) is 74.8 Å². The monoisotopic (exact) mass is 374 g/mol. The maximum absolute atomic E-state index is 12.1. The highest BCUT2D eigenvalue weighted by molar-refractivity contribution is 5.94. The lowest BCUT2D eigenvalue weighted by Gasteiger charge is -2.42. The van der Waals surface area contributed by atoms with Gasteiger partial charge in [-0.15, -0.1) is 0 Å². The summed E-state index contributed by atoms with van der Waals surface area (Å²) in [6, 6.07) is 7.71. The fourth-order valence-corrected chi connectivity index (χ4v) is 3.35. The third kappa shape index (κ3) is 6.54. The summed E-state index contributed by atoms with van der Waals surface area (Å²) in [5.74, 6) is 0.769. The number of guanidine groups is 1. The average molecular weight is 375 g/mol. The summed E-state index contributed by atoms with van der Waals surface area (Å²) in [4.78, 5) is 16.4. The molecule has 0 aromatic heterocycles. The predicted molar refractivity (Wildman–Crippen MR) is 110 cm³/mol. The molecule has 0 radical (unpaired) electrons. The molecule has 1 aliphatic carbocycles. The van der Waals surface area contributed by atoms with Crippen molar-refractivity contribution < 1.29 is 9.53 Å². The minimum Gasteiger partial charge on any atom is -0.385 e. The van der Waals surface area contributed by atoms with Crippen LogP contribution in [0.1, 0.15) is 54.9 Å². The number of hydrogen-bond donors (Lipinski definition) is 3. The fraction of sp³-hybridized carbons (Fsp3) is 0.619. The summed E-state index contributed by atoms with van der Waals surface area (Å²) in [5.41, 5.74) is 2.09. The Balaban J connectivity index is 1.84. The number of methoxy groups -OCH3 is 1. The Kier molecular flexibility index (Phi) is 8.58. The highest BCUT2D eigenvalue weighted by Gasteiger charge is 2.36. The van der Waals surface area contributed by atoms with Crippen molar-refractivity contribution in [2.75, 3.05) is 33.9 Å². The Hall–Kier alpha value is -2.08. The molecular weight excluding hydrogens is 340 g/mol. The van der Waals surface area contributed by atoms with E-state index in [4.69, 9.17) is 4.74 Å². The van der Waals surface area contributed by atoms with Gasteiger partial charge < -0.3 is 20.7 Å². The van der Waals surface area contributed by atoms with Crippen LogP contribution in [-0.2, 0) is 11.3 Å². The van der Waals surface area contributed by atoms with Crippen LogP contribution in [0.4, 0.5) is 0 Å². The lowest BCUT2D eigenvalue weighted by atomic mass is 9.67. The second-order valence-corrected chi connectivity index (χ2v) is 7.33. The molecule has 0 atom stereocenters. The van der Waals surface area contributed by atoms with E-state index in [0.717, 1.165) is 37.5 Å². The van der Waals surface area contributed by atoms with Crippen molar-refractivity contribution in [3.8, 4) is 0 Å². The molecule has 0 aliphatic heterocycles. The van der Waals surface area contributed by atoms with Crippen LogP contribution < -0.4 is 16.0 Å². The van der Waals surface area contributed by atoms with Gasteiger partial charge in [0.05, 0.1) is 0 Å². The lowest BCUT2D eigenvalue weighted by Crippen LogP contribution is -2.46. The number of amides is 1. The van der Waals surface area contributed by atoms with Crippen LogP contribution in [0.5, 0.6) is 0 Å². The summed E-state index contributed by atoms with van der Waals surface area (Å²) >= 11 is 0. The first-order chi connectivity index (χ1) is 13.1. The van der Waals surface area contributed by atoms with Gasteiger partial charge in [0.2, 0.25) is 0 Å². The van der Waals surface area contributed by atoms with Crippen LogP contribution in [0.25, 0.3) is 0 Å². The number of carbonyl (C=O) groups excluding carboxylic acids is 1. The molecule has 1 amide bonds. The normalized spacial score (nSPS) is 15.7. The number of ether oxygens (including phenoxy) is 1. The second-order valence-electron chi connectivity index (χ2n) is 7.33. The molecule has 1 fully saturated rings. The van der Waals surface area contributed by atoms with Crippen LogP contribution in [0.2, 0.25) is 0 Å². The van der Waals surface area contributed by atoms with Crippen molar-refractivity contribution in [3.63, 3.8) is 0 Å². The van der Waals surface area contributed by atoms with E-state index in [0.29, 0.717) is 24.1 Å². The zero-order chi connectivity index (χ0) is 19.5. The zero-order valence-electron chi connectivity index (χ0n) is 16.9. The molecule has 1 aromatic carbocycles. The van der Waals surface area contributed by atoms with E-state index in [1.165, 1.54) is 19.3 Å². The number of carbonyl (C=O) groups is 1. The minimum atomic E-state index is -0.0220. The fourth-order valence-electron chi connectivity index (χ4n) is 3.35. The van der Waals surface area contributed by atoms with Crippen molar-refractivity contribution in [3.05, 3.63) is 35.4 Å². The molecule has 2 rings (SSSR count). The largest absolute Gasteiger partial charge is 0.385 e. The number of aliphatic imine (C=N–C) groups is 1. The molecule has 150 valence electrons. The van der Waals surface area contributed by atoms with Gasteiger partial charge in [-0.3, -0.25) is 9.79 Å². The van der Waals surface area contributed by atoms with E-state index in [1.54, 1.807) is 14.2 Å². The number of benzene rings is 1. The summed E-state index contributed by atoms with van der Waals surface area (Å²) < 4.78 is 5.26. The van der Waals surface area contributed by atoms with E-state index in [2.05, 4.69) is 20.9 Å². The van der Waals surface area contributed by atoms with Gasteiger partial charge in [0, 0.05) is 46.0 Å². The minimum absolute atomic E-state index is 0.0220. The van der Waals surface area contributed by atoms with E-state index < -0.39 is 0 Å². The molecule has 0 unspecified atom stereocenters. The third-order valence-electron chi connectivity index (χ3n) is 5.29. The molecule has 0 bridgehead atoms. The summed E-state index contributed by atoms with van der Waals surface area (Å²) in [5, 5.41) is 9.72. The van der Waals surface area contributed by atoms with Crippen LogP contribution in [0.3, 0.4) is 0 Å². The molecule has 6 heteroatoms. The average Bonchev–Trinajstić information content (AvgIpc) is 2.67. The molecule has 27 heavy (non-hydrogen) atoms. The molecule has 1 aliphatic rings. The van der Waals surface area contributed by atoms with Gasteiger partial charge in [0.1, 0.15) is 0 Å². The lowest BCUT2D eigenvalue weighted by molar-refractivity contribution is 0.0732. The van der Waals surface area contributed by atoms with Crippen molar-refractivity contribution in [2.24, 2.45) is 10.4 Å². The molecule has 6 nitrogen and oxygen atoms in total. The molecule has 0 saturated heterocycles. The van der Waals surface area contributed by atoms with E-state index in [1.807, 2.05) is 31.2 Å². The molecule has 1 saturated carbocycles. The van der Waals surface area contributed by atoms with Gasteiger partial charge in [-0.2, -0.15) is 0 Å². The van der Waals surface area contributed by atoms with Gasteiger partial charge >= 0.3 is 0 Å². The molecular formula is C21H34N4O2. The smallest absolute Gasteiger partial charge is 0.251 e. The second kappa shape index (κ2) is 10.9. The molecule has 1 aromatic rings. The first-order valence-electron chi connectivity index (χ1n) is 9.93. The van der Waals surface area contributed by atoms with E-state index in [9.17, 15) is 4.79 Å². The van der Waals surface area contributed by atoms with Crippen LogP contribution >= 0.6 is 0 Å². The summed E-state index contributed by atoms with van der Waals surface area (Å²) in [6.45, 7) is 5.08. The van der Waals surface area contributed by atoms with Gasteiger partial charge in [-0.1, -0.05) is 25.5 Å². The van der Waals surface area contributed by atoms with Crippen molar-refractivity contribution in [2.45, 2.75) is 45.6 Å². The Morgan fingerprint density at radius 3 is 2.70 bits per heavy atom. The Morgan fingerprint density at radius 2 is 2.07 bits per heavy atom. The quantitative estimate of drug-likeness (QED) is 0.435. The van der Waals surface area contributed by atoms with E-state index in [-0.39, 0.29) is 5.91 Å². The third-order valence-corrected chi connectivity index (χ3v) is 5.29. The van der Waals surface area contributed by atoms with Crippen molar-refractivity contribution >= 4 is 11.9 Å². The van der Waals surface area contributed by atoms with Crippen LogP contribution in [-0.4, -0.2) is 45.7 Å². The van der Waals surface area contributed by atoms with Crippen LogP contribution in [0, 0.1) is 5.41 Å². The Labute approximate surface area is 163 Å². The van der Waals surface area contributed by atoms with Gasteiger partial charge in [0.15, 0.2) is 5.96 Å². The van der Waals surface area contributed by atoms with E-state index >= 15 is 0 Å². The highest BCUT2D eigenvalue weighted by atomic mass is 16.5. The van der Waals surface area contributed by atoms with Gasteiger partial charge in [-0.25, -0.2) is 0 Å². The molecule has 3 N–H and O–H groups in total. The first kappa shape index (κ1) is 21.2. The maximum Gasteiger partial charge on any atom is 0.251 e. The number of nitrogens with one attached hydrogen (secondary N) is 3. The Bertz CT molecular complexity index is 626. The highest BCUT2D eigenvalue weighted by Crippen LogP contribution is 2.43. The molecule has 0 spiro atoms.